The fourth-order valence-electron chi connectivity index (χ4n) is 4.17. The van der Waals surface area contributed by atoms with Crippen molar-refractivity contribution in [3.05, 3.63) is 24.3 Å². The van der Waals surface area contributed by atoms with E-state index in [1.807, 2.05) is 16.8 Å². The average molecular weight is 342 g/mol. The first kappa shape index (κ1) is 16.0. The van der Waals surface area contributed by atoms with Gasteiger partial charge in [0.2, 0.25) is 11.6 Å². The molecule has 0 amide bonds. The van der Waals surface area contributed by atoms with E-state index in [1.165, 1.54) is 0 Å². The Balaban J connectivity index is 1.92. The van der Waals surface area contributed by atoms with E-state index >= 15 is 0 Å². The lowest BCUT2D eigenvalue weighted by atomic mass is 9.73. The smallest absolute Gasteiger partial charge is 0.243 e. The molecule has 1 aliphatic carbocycles. The average Bonchev–Trinajstić information content (AvgIpc) is 3.33. The number of tetrazole rings is 2. The van der Waals surface area contributed by atoms with Crippen LogP contribution in [0.3, 0.4) is 0 Å². The van der Waals surface area contributed by atoms with Crippen molar-refractivity contribution in [2.75, 3.05) is 13.1 Å². The standard InChI is InChI=1S/C15H22N10/c1-2-24-11-7-6-10-15(24,14(16)8-4-3-5-9-14)25-13(19-22-23-25)12-17-20-21-18-12/h3-5,8H,2,6-7,9-11,16H2,1H3,(H,17,18,20,21). The molecule has 3 N–H and O–H groups in total. The molecule has 1 aliphatic heterocycles. The van der Waals surface area contributed by atoms with E-state index in [1.54, 1.807) is 0 Å². The predicted octanol–water partition coefficient (Wildman–Crippen LogP) is 0.225. The summed E-state index contributed by atoms with van der Waals surface area (Å²) in [6.07, 6.45) is 12.0. The molecule has 0 aromatic carbocycles. The summed E-state index contributed by atoms with van der Waals surface area (Å²) in [5, 5.41) is 26.6. The van der Waals surface area contributed by atoms with Gasteiger partial charge in [0.05, 0.1) is 5.54 Å². The molecule has 25 heavy (non-hydrogen) atoms. The first-order chi connectivity index (χ1) is 12.2. The highest BCUT2D eigenvalue weighted by Crippen LogP contribution is 2.44. The molecule has 10 nitrogen and oxygen atoms in total. The van der Waals surface area contributed by atoms with Crippen LogP contribution >= 0.6 is 0 Å². The van der Waals surface area contributed by atoms with Crippen LogP contribution in [0.2, 0.25) is 0 Å². The topological polar surface area (TPSA) is 127 Å². The van der Waals surface area contributed by atoms with E-state index in [0.717, 1.165) is 32.4 Å². The molecule has 2 aromatic heterocycles. The molecule has 1 saturated heterocycles. The number of hydrogen-bond donors (Lipinski definition) is 2. The van der Waals surface area contributed by atoms with Gasteiger partial charge < -0.3 is 5.73 Å². The quantitative estimate of drug-likeness (QED) is 0.808. The highest BCUT2D eigenvalue weighted by atomic mass is 15.6. The Hall–Kier alpha value is -2.46. The highest BCUT2D eigenvalue weighted by Gasteiger charge is 2.55. The summed E-state index contributed by atoms with van der Waals surface area (Å²) in [7, 11) is 0. The van der Waals surface area contributed by atoms with Gasteiger partial charge in [-0.1, -0.05) is 31.2 Å². The first-order valence-corrected chi connectivity index (χ1v) is 8.62. The van der Waals surface area contributed by atoms with Crippen LogP contribution in [0, 0.1) is 0 Å². The fourth-order valence-corrected chi connectivity index (χ4v) is 4.17. The van der Waals surface area contributed by atoms with Gasteiger partial charge in [-0.15, -0.1) is 15.3 Å². The molecule has 132 valence electrons. The van der Waals surface area contributed by atoms with Crippen LogP contribution in [0.25, 0.3) is 11.6 Å². The van der Waals surface area contributed by atoms with Gasteiger partial charge in [-0.25, -0.2) is 0 Å². The van der Waals surface area contributed by atoms with Crippen molar-refractivity contribution >= 4 is 0 Å². The SMILES string of the molecule is CCN1CCCCC1(n1nnnc1-c1nn[nH]n1)C1(N)C=CC=CC1. The lowest BCUT2D eigenvalue weighted by Crippen LogP contribution is -2.70. The van der Waals surface area contributed by atoms with E-state index in [-0.39, 0.29) is 0 Å². The molecule has 2 aliphatic rings. The van der Waals surface area contributed by atoms with Crippen molar-refractivity contribution in [3.63, 3.8) is 0 Å². The molecule has 1 fully saturated rings. The Labute approximate surface area is 145 Å². The molecule has 0 radical (unpaired) electrons. The number of H-pyrrole nitrogens is 1. The zero-order valence-corrected chi connectivity index (χ0v) is 14.2. The lowest BCUT2D eigenvalue weighted by molar-refractivity contribution is -0.0714. The van der Waals surface area contributed by atoms with Crippen molar-refractivity contribution in [2.45, 2.75) is 43.8 Å². The summed E-state index contributed by atoms with van der Waals surface area (Å²) in [6, 6.07) is 0. The van der Waals surface area contributed by atoms with Crippen molar-refractivity contribution in [1.29, 1.82) is 0 Å². The fraction of sp³-hybridized carbons (Fsp3) is 0.600. The second-order valence-electron chi connectivity index (χ2n) is 6.53. The number of hydrogen-bond acceptors (Lipinski definition) is 8. The summed E-state index contributed by atoms with van der Waals surface area (Å²) in [5.74, 6) is 0.840. The third kappa shape index (κ3) is 2.32. The van der Waals surface area contributed by atoms with Crippen LogP contribution < -0.4 is 5.73 Å². The number of nitrogens with one attached hydrogen (secondary N) is 1. The van der Waals surface area contributed by atoms with E-state index in [0.29, 0.717) is 18.1 Å². The molecule has 2 atom stereocenters. The normalized spacial score (nSPS) is 30.0. The third-order valence-electron chi connectivity index (χ3n) is 5.32. The highest BCUT2D eigenvalue weighted by molar-refractivity contribution is 5.42. The summed E-state index contributed by atoms with van der Waals surface area (Å²) < 4.78 is 1.81. The largest absolute Gasteiger partial charge is 0.318 e. The van der Waals surface area contributed by atoms with Crippen molar-refractivity contribution in [2.24, 2.45) is 5.73 Å². The maximum absolute atomic E-state index is 6.99. The molecule has 0 spiro atoms. The minimum atomic E-state index is -0.633. The van der Waals surface area contributed by atoms with Crippen molar-refractivity contribution < 1.29 is 0 Å². The maximum atomic E-state index is 6.99. The number of nitrogens with zero attached hydrogens (tertiary/aromatic N) is 8. The first-order valence-electron chi connectivity index (χ1n) is 8.62. The third-order valence-corrected chi connectivity index (χ3v) is 5.32. The van der Waals surface area contributed by atoms with Gasteiger partial charge >= 0.3 is 0 Å². The maximum Gasteiger partial charge on any atom is 0.243 e. The van der Waals surface area contributed by atoms with Gasteiger partial charge in [-0.3, -0.25) is 4.90 Å². The van der Waals surface area contributed by atoms with Crippen LogP contribution in [-0.2, 0) is 5.66 Å². The van der Waals surface area contributed by atoms with Gasteiger partial charge in [0, 0.05) is 6.54 Å². The molecular weight excluding hydrogens is 320 g/mol. The van der Waals surface area contributed by atoms with Crippen LogP contribution in [0.15, 0.2) is 24.3 Å². The lowest BCUT2D eigenvalue weighted by Gasteiger charge is -2.55. The van der Waals surface area contributed by atoms with Gasteiger partial charge in [0.25, 0.3) is 0 Å². The van der Waals surface area contributed by atoms with Gasteiger partial charge in [0.1, 0.15) is 5.66 Å². The van der Waals surface area contributed by atoms with Gasteiger partial charge in [0.15, 0.2) is 0 Å². The Bertz CT molecular complexity index is 778. The number of aromatic amines is 1. The molecular formula is C15H22N10. The molecule has 0 bridgehead atoms. The molecule has 2 aromatic rings. The molecule has 10 heteroatoms. The van der Waals surface area contributed by atoms with Crippen LogP contribution in [0.5, 0.6) is 0 Å². The van der Waals surface area contributed by atoms with Gasteiger partial charge in [-0.2, -0.15) is 9.90 Å². The predicted molar refractivity (Wildman–Crippen MR) is 89.9 cm³/mol. The number of likely N-dealkylation sites (tertiary alicyclic amines) is 1. The number of allylic oxidation sites excluding steroid dienone is 2. The van der Waals surface area contributed by atoms with E-state index < -0.39 is 11.2 Å². The van der Waals surface area contributed by atoms with Crippen molar-refractivity contribution in [3.8, 4) is 11.6 Å². The van der Waals surface area contributed by atoms with Crippen molar-refractivity contribution in [1.82, 2.24) is 45.7 Å². The van der Waals surface area contributed by atoms with Gasteiger partial charge in [-0.05, 0) is 47.9 Å². The minimum Gasteiger partial charge on any atom is -0.318 e. The number of aromatic nitrogens is 8. The Kier molecular flexibility index (Phi) is 3.92. The zero-order valence-electron chi connectivity index (χ0n) is 14.2. The van der Waals surface area contributed by atoms with E-state index in [9.17, 15) is 0 Å². The summed E-state index contributed by atoms with van der Waals surface area (Å²) in [6.45, 7) is 3.94. The zero-order chi connectivity index (χ0) is 17.3. The van der Waals surface area contributed by atoms with Crippen LogP contribution in [0.1, 0.15) is 32.6 Å². The van der Waals surface area contributed by atoms with E-state index in [2.05, 4.69) is 60.1 Å². The number of nitrogens with two attached hydrogens (primary N) is 1. The molecule has 2 unspecified atom stereocenters. The summed E-state index contributed by atoms with van der Waals surface area (Å²) in [4.78, 5) is 2.37. The number of likely N-dealkylation sites (N-methyl/N-ethyl adjacent to an activating group) is 1. The summed E-state index contributed by atoms with van der Waals surface area (Å²) in [5.41, 5.74) is 5.77. The van der Waals surface area contributed by atoms with Crippen LogP contribution in [-0.4, -0.2) is 64.4 Å². The molecule has 4 rings (SSSR count). The second-order valence-corrected chi connectivity index (χ2v) is 6.53. The number of piperidine rings is 1. The molecule has 3 heterocycles. The Morgan fingerprint density at radius 1 is 1.28 bits per heavy atom. The Morgan fingerprint density at radius 3 is 2.92 bits per heavy atom. The monoisotopic (exact) mass is 342 g/mol. The van der Waals surface area contributed by atoms with E-state index in [4.69, 9.17) is 5.73 Å². The Morgan fingerprint density at radius 2 is 2.20 bits per heavy atom. The second kappa shape index (κ2) is 6.12. The molecule has 0 saturated carbocycles. The minimum absolute atomic E-state index is 0.366. The summed E-state index contributed by atoms with van der Waals surface area (Å²) >= 11 is 0. The van der Waals surface area contributed by atoms with Crippen LogP contribution in [0.4, 0.5) is 0 Å². The number of rotatable bonds is 4.